The number of carbonyl (C=O) groups is 2. The number of hydrogen-bond acceptors (Lipinski definition) is 10. The van der Waals surface area contributed by atoms with Crippen LogP contribution in [0.25, 0.3) is 22.3 Å². The molecule has 1 atom stereocenters. The van der Waals surface area contributed by atoms with Crippen molar-refractivity contribution in [1.29, 1.82) is 0 Å². The van der Waals surface area contributed by atoms with Crippen molar-refractivity contribution in [2.75, 3.05) is 56.0 Å². The van der Waals surface area contributed by atoms with E-state index in [-0.39, 0.29) is 35.3 Å². The van der Waals surface area contributed by atoms with Crippen molar-refractivity contribution in [3.63, 3.8) is 0 Å². The van der Waals surface area contributed by atoms with Crippen LogP contribution in [-0.2, 0) is 27.5 Å². The number of amides is 2. The van der Waals surface area contributed by atoms with Crippen LogP contribution in [0.15, 0.2) is 55.0 Å². The van der Waals surface area contributed by atoms with Gasteiger partial charge >= 0.3 is 6.09 Å². The van der Waals surface area contributed by atoms with Gasteiger partial charge in [-0.1, -0.05) is 31.8 Å². The van der Waals surface area contributed by atoms with Crippen LogP contribution in [0.5, 0.6) is 0 Å². The summed E-state index contributed by atoms with van der Waals surface area (Å²) in [6.45, 7) is 1.64. The molecule has 5 heterocycles. The summed E-state index contributed by atoms with van der Waals surface area (Å²) in [4.78, 5) is 41.3. The van der Waals surface area contributed by atoms with E-state index in [1.165, 1.54) is 0 Å². The minimum Gasteiger partial charge on any atom is -0.444 e. The number of nitrogens with zero attached hydrogens (tertiary/aromatic N) is 6. The van der Waals surface area contributed by atoms with E-state index in [0.717, 1.165) is 37.3 Å². The number of fused-ring (bicyclic) bond motifs is 1. The summed E-state index contributed by atoms with van der Waals surface area (Å²) in [7, 11) is -1.46. The lowest BCUT2D eigenvalue weighted by Gasteiger charge is -2.33. The van der Waals surface area contributed by atoms with Crippen LogP contribution >= 0.6 is 0 Å². The normalized spacial score (nSPS) is 23.2. The maximum absolute atomic E-state index is 13.5. The van der Waals surface area contributed by atoms with Gasteiger partial charge in [-0.05, 0) is 87.7 Å². The predicted molar refractivity (Wildman–Crippen MR) is 210 cm³/mol. The van der Waals surface area contributed by atoms with Crippen molar-refractivity contribution in [2.24, 2.45) is 0 Å². The molecular weight excluding hydrogens is 689 g/mol. The lowest BCUT2D eigenvalue weighted by molar-refractivity contribution is 0.0470. The van der Waals surface area contributed by atoms with Crippen molar-refractivity contribution >= 4 is 42.6 Å². The van der Waals surface area contributed by atoms with Crippen LogP contribution in [-0.4, -0.2) is 102 Å². The topological polar surface area (TPSA) is 136 Å². The molecule has 2 amide bonds. The quantitative estimate of drug-likeness (QED) is 0.124. The summed E-state index contributed by atoms with van der Waals surface area (Å²) >= 11 is 0. The molecule has 2 fully saturated rings. The second-order valence-electron chi connectivity index (χ2n) is 15.4. The zero-order valence-corrected chi connectivity index (χ0v) is 32.2. The van der Waals surface area contributed by atoms with Gasteiger partial charge in [0.15, 0.2) is 0 Å². The zero-order valence-electron chi connectivity index (χ0n) is 39.2. The van der Waals surface area contributed by atoms with Crippen molar-refractivity contribution in [2.45, 2.75) is 84.2 Å². The van der Waals surface area contributed by atoms with Crippen molar-refractivity contribution in [3.8, 4) is 11.3 Å². The number of carbonyl (C=O) groups excluding carboxylic acids is 2. The molecule has 284 valence electrons. The third kappa shape index (κ3) is 10.6. The molecule has 1 aromatic carbocycles. The van der Waals surface area contributed by atoms with Crippen LogP contribution in [0.4, 0.5) is 16.3 Å². The van der Waals surface area contributed by atoms with Crippen LogP contribution in [0, 0.1) is 0 Å². The van der Waals surface area contributed by atoms with E-state index in [1.54, 1.807) is 47.2 Å². The molecule has 0 spiro atoms. The molecule has 2 N–H and O–H groups in total. The first-order valence-corrected chi connectivity index (χ1v) is 21.5. The minimum absolute atomic E-state index is 0.00313. The minimum atomic E-state index is -3.28. The Labute approximate surface area is 324 Å². The lowest BCUT2D eigenvalue weighted by atomic mass is 10.0. The van der Waals surface area contributed by atoms with Gasteiger partial charge in [-0.15, -0.1) is 0 Å². The van der Waals surface area contributed by atoms with Crippen LogP contribution in [0.1, 0.15) is 60.6 Å². The number of likely N-dealkylation sites (tertiary alicyclic amines) is 1. The van der Waals surface area contributed by atoms with Gasteiger partial charge in [-0.3, -0.25) is 14.7 Å². The summed E-state index contributed by atoms with van der Waals surface area (Å²) in [6, 6.07) is 12.9. The molecule has 13 nitrogen and oxygen atoms in total. The number of morpholine rings is 1. The van der Waals surface area contributed by atoms with E-state index in [2.05, 4.69) is 50.1 Å². The molecule has 2 saturated heterocycles. The Balaban J connectivity index is 1.23. The fourth-order valence-corrected chi connectivity index (χ4v) is 6.85. The highest BCUT2D eigenvalue weighted by Crippen LogP contribution is 2.33. The second-order valence-corrected chi connectivity index (χ2v) is 21.0. The van der Waals surface area contributed by atoms with Gasteiger partial charge < -0.3 is 34.3 Å². The number of alkyl carbamates (subject to hydrolysis) is 1. The van der Waals surface area contributed by atoms with Crippen LogP contribution in [0.2, 0.25) is 25.7 Å². The molecule has 0 saturated carbocycles. The maximum Gasteiger partial charge on any atom is 0.407 e. The fraction of sp³-hybridized carbons (Fsp3) is 0.513. The van der Waals surface area contributed by atoms with Gasteiger partial charge in [-0.2, -0.15) is 0 Å². The summed E-state index contributed by atoms with van der Waals surface area (Å²) < 4.78 is 85.5. The van der Waals surface area contributed by atoms with Gasteiger partial charge in [0.25, 0.3) is 5.91 Å². The van der Waals surface area contributed by atoms with Gasteiger partial charge in [0.05, 0.1) is 35.2 Å². The number of hydrogen-bond donors (Lipinski definition) is 2. The predicted octanol–water partition coefficient (Wildman–Crippen LogP) is 6.38. The first-order valence-electron chi connectivity index (χ1n) is 21.8. The molecule has 3 aromatic heterocycles. The average molecular weight is 751 g/mol. The molecule has 0 aliphatic carbocycles. The largest absolute Gasteiger partial charge is 0.444 e. The van der Waals surface area contributed by atoms with Crippen molar-refractivity contribution in [1.82, 2.24) is 29.7 Å². The van der Waals surface area contributed by atoms with Crippen molar-refractivity contribution < 1.29 is 34.8 Å². The highest BCUT2D eigenvalue weighted by atomic mass is 28.3. The molecule has 2 aliphatic heterocycles. The number of anilines is 2. The summed E-state index contributed by atoms with van der Waals surface area (Å²) in [5.74, 6) is -0.800. The van der Waals surface area contributed by atoms with Crippen LogP contribution in [0.3, 0.4) is 0 Å². The molecule has 4 aromatic rings. The standard InChI is InChI=1S/C39H54N8O5Si/c1-39(2,3)52-38(49)44-31-8-7-15-45(25-31)24-28-13-14-40-33(22-28)37(48)43-30-11-9-29(10-12-30)34-23-32-35(46-16-18-50-19-17-46)41-26-42-36(32)47(34)27-51-20-21-53(4,5)6/h9-14,22-23,26,31H,7-8,15-21,24-25,27H2,1-6H3,(H,43,48)(H,44,49)/t31-/m1/s1/i16D2,17D2,18D2,19D2. The van der Waals surface area contributed by atoms with E-state index in [1.807, 2.05) is 26.8 Å². The Morgan fingerprint density at radius 2 is 1.83 bits per heavy atom. The SMILES string of the molecule is [2H]C1([2H])OC([2H])([2H])C([2H])([2H])N(c2ncnc3c2cc(-c2ccc(NC(=O)c4cc(CN5CCC[C@@H](NC(=O)OC(C)(C)C)C5)ccn4)cc2)n3COCC[Si](C)(C)C)C1([2H])[2H]. The summed E-state index contributed by atoms with van der Waals surface area (Å²) in [5, 5.41) is 5.98. The average Bonchev–Trinajstić information content (AvgIpc) is 3.51. The Bertz CT molecular complexity index is 2210. The number of piperidine rings is 1. The van der Waals surface area contributed by atoms with E-state index in [9.17, 15) is 9.59 Å². The first kappa shape index (κ1) is 29.0. The number of benzene rings is 1. The smallest absolute Gasteiger partial charge is 0.407 e. The van der Waals surface area contributed by atoms with E-state index in [4.69, 9.17) is 25.2 Å². The third-order valence-corrected chi connectivity index (χ3v) is 10.3. The highest BCUT2D eigenvalue weighted by molar-refractivity contribution is 6.76. The molecule has 0 bridgehead atoms. The van der Waals surface area contributed by atoms with Gasteiger partial charge in [0.1, 0.15) is 35.8 Å². The Kier molecular flexibility index (Phi) is 9.18. The Hall–Kier alpha value is -4.37. The number of rotatable bonds is 12. The van der Waals surface area contributed by atoms with E-state index in [0.29, 0.717) is 41.5 Å². The van der Waals surface area contributed by atoms with E-state index >= 15 is 0 Å². The second kappa shape index (κ2) is 16.7. The maximum atomic E-state index is 13.5. The highest BCUT2D eigenvalue weighted by Gasteiger charge is 2.25. The van der Waals surface area contributed by atoms with Crippen LogP contribution < -0.4 is 15.5 Å². The molecule has 14 heteroatoms. The zero-order chi connectivity index (χ0) is 44.8. The summed E-state index contributed by atoms with van der Waals surface area (Å²) in [5.41, 5.74) is 2.35. The first-order chi connectivity index (χ1) is 28.3. The summed E-state index contributed by atoms with van der Waals surface area (Å²) in [6.07, 6.45) is 3.97. The monoisotopic (exact) mass is 750 g/mol. The third-order valence-electron chi connectivity index (χ3n) is 8.64. The number of nitrogens with one attached hydrogen (secondary N) is 2. The molecular formula is C39H54N8O5Si. The fourth-order valence-electron chi connectivity index (χ4n) is 6.09. The number of aromatic nitrogens is 4. The molecule has 0 radical (unpaired) electrons. The number of ether oxygens (including phenoxy) is 3. The molecule has 2 aliphatic rings. The Morgan fingerprint density at radius 3 is 2.57 bits per heavy atom. The van der Waals surface area contributed by atoms with Gasteiger partial charge in [-0.25, -0.2) is 14.8 Å². The van der Waals surface area contributed by atoms with Gasteiger partial charge in [0.2, 0.25) is 0 Å². The molecule has 6 rings (SSSR count). The lowest BCUT2D eigenvalue weighted by Crippen LogP contribution is -2.48. The molecule has 0 unspecified atom stereocenters. The Morgan fingerprint density at radius 1 is 1.06 bits per heavy atom. The molecule has 53 heavy (non-hydrogen) atoms. The number of pyridine rings is 1. The van der Waals surface area contributed by atoms with Gasteiger partial charge in [0, 0.05) is 58.7 Å². The van der Waals surface area contributed by atoms with E-state index < -0.39 is 51.8 Å². The van der Waals surface area contributed by atoms with Crippen molar-refractivity contribution in [3.05, 3.63) is 66.2 Å².